The van der Waals surface area contributed by atoms with Crippen molar-refractivity contribution in [1.82, 2.24) is 20.4 Å². The number of aryl methyl sites for hydroxylation is 1. The first-order chi connectivity index (χ1) is 12.7. The maximum Gasteiger partial charge on any atom is 0.241 e. The third-order valence-electron chi connectivity index (χ3n) is 4.28. The van der Waals surface area contributed by atoms with Crippen LogP contribution in [-0.2, 0) is 16.0 Å². The van der Waals surface area contributed by atoms with Gasteiger partial charge in [-0.15, -0.1) is 0 Å². The van der Waals surface area contributed by atoms with Gasteiger partial charge >= 0.3 is 0 Å². The summed E-state index contributed by atoms with van der Waals surface area (Å²) in [6, 6.07) is 7.31. The maximum absolute atomic E-state index is 11.9. The number of hydrogen-bond acceptors (Lipinski definition) is 6. The molecule has 0 bridgehead atoms. The molecule has 26 heavy (non-hydrogen) atoms. The summed E-state index contributed by atoms with van der Waals surface area (Å²) < 4.78 is 10.3. The highest BCUT2D eigenvalue weighted by atomic mass is 16.5. The minimum atomic E-state index is -0.207. The number of ether oxygens (including phenoxy) is 1. The number of likely N-dealkylation sites (tertiary alicyclic amines) is 1. The van der Waals surface area contributed by atoms with E-state index in [1.807, 2.05) is 24.3 Å². The Morgan fingerprint density at radius 1 is 1.23 bits per heavy atom. The first kappa shape index (κ1) is 17.9. The minimum absolute atomic E-state index is 0.0320. The lowest BCUT2D eigenvalue weighted by molar-refractivity contribution is -0.132. The Morgan fingerprint density at radius 3 is 2.65 bits per heavy atom. The summed E-state index contributed by atoms with van der Waals surface area (Å²) in [5.41, 5.74) is 0.807. The summed E-state index contributed by atoms with van der Waals surface area (Å²) in [5.74, 6) is 1.36. The van der Waals surface area contributed by atoms with Crippen LogP contribution in [0, 0.1) is 0 Å². The van der Waals surface area contributed by atoms with E-state index in [9.17, 15) is 9.59 Å². The summed E-state index contributed by atoms with van der Waals surface area (Å²) in [6.07, 6.45) is 2.59. The standard InChI is InChI=1S/C18H22N4O4/c1-25-14-6-4-13(5-7-14)18-20-16(26-21-18)9-8-15(23)19-12-17(24)22-10-2-3-11-22/h4-7H,2-3,8-12H2,1H3,(H,19,23). The number of carbonyl (C=O) groups excluding carboxylic acids is 2. The maximum atomic E-state index is 11.9. The SMILES string of the molecule is COc1ccc(-c2noc(CCC(=O)NCC(=O)N3CCCC3)n2)cc1. The van der Waals surface area contributed by atoms with Crippen LogP contribution in [0.2, 0.25) is 0 Å². The Bertz CT molecular complexity index is 751. The predicted octanol–water partition coefficient (Wildman–Crippen LogP) is 1.42. The van der Waals surface area contributed by atoms with Gasteiger partial charge in [0.05, 0.1) is 13.7 Å². The van der Waals surface area contributed by atoms with Crippen molar-refractivity contribution in [3.8, 4) is 17.1 Å². The van der Waals surface area contributed by atoms with Gasteiger partial charge in [-0.05, 0) is 37.1 Å². The number of methoxy groups -OCH3 is 1. The van der Waals surface area contributed by atoms with E-state index in [1.54, 1.807) is 12.0 Å². The van der Waals surface area contributed by atoms with Gasteiger partial charge in [0.2, 0.25) is 23.5 Å². The topological polar surface area (TPSA) is 97.6 Å². The molecule has 0 unspecified atom stereocenters. The van der Waals surface area contributed by atoms with E-state index in [-0.39, 0.29) is 24.8 Å². The zero-order valence-electron chi connectivity index (χ0n) is 14.7. The van der Waals surface area contributed by atoms with Gasteiger partial charge in [0.15, 0.2) is 0 Å². The van der Waals surface area contributed by atoms with E-state index < -0.39 is 0 Å². The molecule has 1 fully saturated rings. The van der Waals surface area contributed by atoms with Crippen LogP contribution in [0.5, 0.6) is 5.75 Å². The van der Waals surface area contributed by atoms with Gasteiger partial charge in [-0.25, -0.2) is 0 Å². The van der Waals surface area contributed by atoms with Crippen LogP contribution in [0.25, 0.3) is 11.4 Å². The second kappa shape index (κ2) is 8.46. The average molecular weight is 358 g/mol. The lowest BCUT2D eigenvalue weighted by Crippen LogP contribution is -2.38. The largest absolute Gasteiger partial charge is 0.497 e. The molecule has 1 N–H and O–H groups in total. The fourth-order valence-corrected chi connectivity index (χ4v) is 2.78. The van der Waals surface area contributed by atoms with Crippen molar-refractivity contribution in [2.75, 3.05) is 26.7 Å². The van der Waals surface area contributed by atoms with Gasteiger partial charge in [-0.2, -0.15) is 4.98 Å². The third kappa shape index (κ3) is 4.59. The fourth-order valence-electron chi connectivity index (χ4n) is 2.78. The van der Waals surface area contributed by atoms with Crippen LogP contribution in [0.3, 0.4) is 0 Å². The zero-order valence-corrected chi connectivity index (χ0v) is 14.7. The van der Waals surface area contributed by atoms with E-state index in [4.69, 9.17) is 9.26 Å². The molecule has 0 radical (unpaired) electrons. The molecule has 138 valence electrons. The summed E-state index contributed by atoms with van der Waals surface area (Å²) in [4.78, 5) is 29.9. The summed E-state index contributed by atoms with van der Waals surface area (Å²) >= 11 is 0. The summed E-state index contributed by atoms with van der Waals surface area (Å²) in [6.45, 7) is 1.61. The second-order valence-electron chi connectivity index (χ2n) is 6.10. The first-order valence-corrected chi connectivity index (χ1v) is 8.67. The van der Waals surface area contributed by atoms with Crippen LogP contribution in [0.1, 0.15) is 25.2 Å². The zero-order chi connectivity index (χ0) is 18.4. The normalized spacial score (nSPS) is 13.7. The van der Waals surface area contributed by atoms with E-state index in [2.05, 4.69) is 15.5 Å². The van der Waals surface area contributed by atoms with Gasteiger partial charge < -0.3 is 19.5 Å². The Hall–Kier alpha value is -2.90. The summed E-state index contributed by atoms with van der Waals surface area (Å²) in [5, 5.41) is 6.57. The number of carbonyl (C=O) groups is 2. The predicted molar refractivity (Wildman–Crippen MR) is 93.4 cm³/mol. The van der Waals surface area contributed by atoms with Crippen LogP contribution >= 0.6 is 0 Å². The molecule has 0 aliphatic carbocycles. The molecule has 1 aromatic heterocycles. The highest BCUT2D eigenvalue weighted by molar-refractivity contribution is 5.84. The molecule has 8 heteroatoms. The average Bonchev–Trinajstić information content (AvgIpc) is 3.36. The molecule has 2 heterocycles. The number of hydrogen-bond donors (Lipinski definition) is 1. The Labute approximate surface area is 151 Å². The molecule has 2 amide bonds. The van der Waals surface area contributed by atoms with Crippen LogP contribution in [-0.4, -0.2) is 53.6 Å². The highest BCUT2D eigenvalue weighted by Crippen LogP contribution is 2.20. The monoisotopic (exact) mass is 358 g/mol. The Morgan fingerprint density at radius 2 is 1.96 bits per heavy atom. The van der Waals surface area contributed by atoms with E-state index in [0.29, 0.717) is 18.1 Å². The molecule has 0 atom stereocenters. The molecule has 0 spiro atoms. The van der Waals surface area contributed by atoms with Gasteiger partial charge in [0.25, 0.3) is 0 Å². The number of rotatable bonds is 7. The number of nitrogens with zero attached hydrogens (tertiary/aromatic N) is 3. The van der Waals surface area contributed by atoms with Crippen molar-refractivity contribution >= 4 is 11.8 Å². The van der Waals surface area contributed by atoms with Crippen molar-refractivity contribution in [2.45, 2.75) is 25.7 Å². The van der Waals surface area contributed by atoms with E-state index >= 15 is 0 Å². The van der Waals surface area contributed by atoms with Gasteiger partial charge in [-0.1, -0.05) is 5.16 Å². The van der Waals surface area contributed by atoms with Crippen molar-refractivity contribution < 1.29 is 18.8 Å². The molecular formula is C18H22N4O4. The van der Waals surface area contributed by atoms with Crippen LogP contribution in [0.4, 0.5) is 0 Å². The van der Waals surface area contributed by atoms with Gasteiger partial charge in [0.1, 0.15) is 5.75 Å². The van der Waals surface area contributed by atoms with Crippen molar-refractivity contribution in [1.29, 1.82) is 0 Å². The molecule has 3 rings (SSSR count). The van der Waals surface area contributed by atoms with Crippen molar-refractivity contribution in [2.24, 2.45) is 0 Å². The molecule has 1 aliphatic rings. The van der Waals surface area contributed by atoms with Crippen LogP contribution < -0.4 is 10.1 Å². The molecule has 8 nitrogen and oxygen atoms in total. The van der Waals surface area contributed by atoms with Crippen molar-refractivity contribution in [3.05, 3.63) is 30.2 Å². The molecule has 1 aliphatic heterocycles. The summed E-state index contributed by atoms with van der Waals surface area (Å²) in [7, 11) is 1.60. The fraction of sp³-hybridized carbons (Fsp3) is 0.444. The number of amides is 2. The highest BCUT2D eigenvalue weighted by Gasteiger charge is 2.18. The Kier molecular flexibility index (Phi) is 5.83. The van der Waals surface area contributed by atoms with E-state index in [0.717, 1.165) is 37.2 Å². The lowest BCUT2D eigenvalue weighted by atomic mass is 10.2. The molecule has 1 aromatic carbocycles. The second-order valence-corrected chi connectivity index (χ2v) is 6.10. The van der Waals surface area contributed by atoms with E-state index in [1.165, 1.54) is 0 Å². The molecule has 0 saturated carbocycles. The molecule has 1 saturated heterocycles. The van der Waals surface area contributed by atoms with Crippen LogP contribution in [0.15, 0.2) is 28.8 Å². The Balaban J connectivity index is 1.45. The van der Waals surface area contributed by atoms with Gasteiger partial charge in [0, 0.05) is 31.5 Å². The third-order valence-corrected chi connectivity index (χ3v) is 4.28. The minimum Gasteiger partial charge on any atom is -0.497 e. The smallest absolute Gasteiger partial charge is 0.241 e. The quantitative estimate of drug-likeness (QED) is 0.804. The first-order valence-electron chi connectivity index (χ1n) is 8.67. The number of benzene rings is 1. The molecule has 2 aromatic rings. The van der Waals surface area contributed by atoms with Crippen molar-refractivity contribution in [3.63, 3.8) is 0 Å². The van der Waals surface area contributed by atoms with Gasteiger partial charge in [-0.3, -0.25) is 9.59 Å². The number of aromatic nitrogens is 2. The lowest BCUT2D eigenvalue weighted by Gasteiger charge is -2.15. The number of nitrogens with one attached hydrogen (secondary N) is 1. The molecular weight excluding hydrogens is 336 g/mol.